The van der Waals surface area contributed by atoms with Crippen molar-refractivity contribution in [3.05, 3.63) is 46.6 Å². The molecule has 0 saturated heterocycles. The van der Waals surface area contributed by atoms with E-state index in [0.29, 0.717) is 17.7 Å². The molecule has 0 bridgehead atoms. The molecule has 0 fully saturated rings. The van der Waals surface area contributed by atoms with Crippen molar-refractivity contribution < 1.29 is 13.2 Å². The monoisotopic (exact) mass is 286 g/mol. The highest BCUT2D eigenvalue weighted by Crippen LogP contribution is 2.28. The Kier molecular flexibility index (Phi) is 4.04. The molecule has 0 unspecified atom stereocenters. The molecule has 0 aliphatic rings. The van der Waals surface area contributed by atoms with Crippen LogP contribution in [0.3, 0.4) is 0 Å². The molecule has 100 valence electrons. The van der Waals surface area contributed by atoms with Crippen molar-refractivity contribution in [1.29, 1.82) is 0 Å². The molecule has 0 aliphatic heterocycles. The second kappa shape index (κ2) is 5.57. The predicted molar refractivity (Wildman–Crippen MR) is 66.3 cm³/mol. The van der Waals surface area contributed by atoms with Crippen LogP contribution in [-0.2, 0) is 6.42 Å². The molecule has 0 radical (unpaired) electrons. The predicted octanol–water partition coefficient (Wildman–Crippen LogP) is 4.17. The van der Waals surface area contributed by atoms with Crippen molar-refractivity contribution in [2.45, 2.75) is 19.8 Å². The van der Waals surface area contributed by atoms with E-state index in [1.807, 2.05) is 6.92 Å². The zero-order valence-corrected chi connectivity index (χ0v) is 10.8. The lowest BCUT2D eigenvalue weighted by atomic mass is 10.0. The number of halogens is 4. The van der Waals surface area contributed by atoms with Crippen LogP contribution in [0.1, 0.15) is 18.9 Å². The van der Waals surface area contributed by atoms with Crippen molar-refractivity contribution in [3.63, 3.8) is 0 Å². The number of nitrogens with zero attached hydrogens (tertiary/aromatic N) is 2. The molecule has 0 N–H and O–H groups in total. The molecule has 2 rings (SSSR count). The first-order chi connectivity index (χ1) is 9.04. The smallest absolute Gasteiger partial charge is 0.194 e. The third-order valence-corrected chi connectivity index (χ3v) is 2.98. The van der Waals surface area contributed by atoms with Crippen LogP contribution in [-0.4, -0.2) is 9.97 Å². The van der Waals surface area contributed by atoms with Crippen LogP contribution in [0.25, 0.3) is 11.3 Å². The van der Waals surface area contributed by atoms with Gasteiger partial charge in [0.25, 0.3) is 0 Å². The van der Waals surface area contributed by atoms with Gasteiger partial charge in [0.05, 0.1) is 5.69 Å². The Morgan fingerprint density at radius 3 is 2.32 bits per heavy atom. The van der Waals surface area contributed by atoms with Crippen molar-refractivity contribution >= 4 is 11.6 Å². The first kappa shape index (κ1) is 13.8. The van der Waals surface area contributed by atoms with E-state index in [0.717, 1.165) is 18.6 Å². The summed E-state index contributed by atoms with van der Waals surface area (Å²) in [5.41, 5.74) is 1.06. The van der Waals surface area contributed by atoms with Crippen LogP contribution in [0.2, 0.25) is 5.15 Å². The van der Waals surface area contributed by atoms with Crippen LogP contribution < -0.4 is 0 Å². The molecule has 0 aliphatic carbocycles. The second-order valence-electron chi connectivity index (χ2n) is 4.00. The first-order valence-electron chi connectivity index (χ1n) is 5.68. The van der Waals surface area contributed by atoms with Gasteiger partial charge >= 0.3 is 0 Å². The molecule has 2 aromatic rings. The second-order valence-corrected chi connectivity index (χ2v) is 4.35. The van der Waals surface area contributed by atoms with Gasteiger partial charge in [-0.15, -0.1) is 0 Å². The maximum absolute atomic E-state index is 13.3. The lowest BCUT2D eigenvalue weighted by Gasteiger charge is -2.09. The molecule has 19 heavy (non-hydrogen) atoms. The van der Waals surface area contributed by atoms with E-state index in [2.05, 4.69) is 9.97 Å². The van der Waals surface area contributed by atoms with E-state index >= 15 is 0 Å². The van der Waals surface area contributed by atoms with Gasteiger partial charge in [0.15, 0.2) is 17.5 Å². The maximum Gasteiger partial charge on any atom is 0.194 e. The molecule has 0 saturated carbocycles. The van der Waals surface area contributed by atoms with Gasteiger partial charge in [-0.3, -0.25) is 0 Å². The van der Waals surface area contributed by atoms with Gasteiger partial charge in [-0.2, -0.15) is 0 Å². The fraction of sp³-hybridized carbons (Fsp3) is 0.231. The minimum atomic E-state index is -1.50. The third kappa shape index (κ3) is 2.71. The van der Waals surface area contributed by atoms with Crippen molar-refractivity contribution in [1.82, 2.24) is 9.97 Å². The standard InChI is InChI=1S/C13H10ClF3N2/c1-2-3-8-12(18-6-19-13(8)14)7-4-9(15)11(17)10(16)5-7/h4-6H,2-3H2,1H3. The van der Waals surface area contributed by atoms with Crippen molar-refractivity contribution in [2.75, 3.05) is 0 Å². The molecule has 1 aromatic heterocycles. The minimum Gasteiger partial charge on any atom is -0.236 e. The van der Waals surface area contributed by atoms with Gasteiger partial charge in [0, 0.05) is 11.1 Å². The van der Waals surface area contributed by atoms with Gasteiger partial charge in [-0.05, 0) is 18.6 Å². The Bertz CT molecular complexity index is 594. The molecule has 1 heterocycles. The quantitative estimate of drug-likeness (QED) is 0.625. The number of aromatic nitrogens is 2. The average Bonchev–Trinajstić information content (AvgIpc) is 2.38. The number of rotatable bonds is 3. The summed E-state index contributed by atoms with van der Waals surface area (Å²) in [6.45, 7) is 1.93. The van der Waals surface area contributed by atoms with Crippen LogP contribution >= 0.6 is 11.6 Å². The van der Waals surface area contributed by atoms with Crippen LogP contribution in [0.5, 0.6) is 0 Å². The molecule has 2 nitrogen and oxygen atoms in total. The van der Waals surface area contributed by atoms with Gasteiger partial charge in [-0.25, -0.2) is 23.1 Å². The molecular weight excluding hydrogens is 277 g/mol. The molecule has 0 amide bonds. The molecule has 0 spiro atoms. The van der Waals surface area contributed by atoms with Gasteiger partial charge < -0.3 is 0 Å². The zero-order chi connectivity index (χ0) is 14.0. The van der Waals surface area contributed by atoms with Crippen LogP contribution in [0.15, 0.2) is 18.5 Å². The highest BCUT2D eigenvalue weighted by Gasteiger charge is 2.16. The normalized spacial score (nSPS) is 10.8. The van der Waals surface area contributed by atoms with E-state index < -0.39 is 17.5 Å². The largest absolute Gasteiger partial charge is 0.236 e. The summed E-state index contributed by atoms with van der Waals surface area (Å²) in [7, 11) is 0. The van der Waals surface area contributed by atoms with E-state index in [9.17, 15) is 13.2 Å². The summed E-state index contributed by atoms with van der Waals surface area (Å²) in [4.78, 5) is 7.83. The minimum absolute atomic E-state index is 0.143. The Morgan fingerprint density at radius 2 is 1.74 bits per heavy atom. The fourth-order valence-electron chi connectivity index (χ4n) is 1.80. The zero-order valence-electron chi connectivity index (χ0n) is 10.1. The lowest BCUT2D eigenvalue weighted by Crippen LogP contribution is -1.99. The molecule has 6 heteroatoms. The average molecular weight is 287 g/mol. The summed E-state index contributed by atoms with van der Waals surface area (Å²) in [5.74, 6) is -4.01. The van der Waals surface area contributed by atoms with E-state index in [-0.39, 0.29) is 10.7 Å². The summed E-state index contributed by atoms with van der Waals surface area (Å²) in [5, 5.41) is 0.233. The first-order valence-corrected chi connectivity index (χ1v) is 6.06. The summed E-state index contributed by atoms with van der Waals surface area (Å²) < 4.78 is 39.5. The molecule has 0 atom stereocenters. The Morgan fingerprint density at radius 1 is 1.11 bits per heavy atom. The van der Waals surface area contributed by atoms with Gasteiger partial charge in [0.1, 0.15) is 11.5 Å². The summed E-state index contributed by atoms with van der Waals surface area (Å²) >= 11 is 5.96. The highest BCUT2D eigenvalue weighted by atomic mass is 35.5. The number of hydrogen-bond acceptors (Lipinski definition) is 2. The summed E-state index contributed by atoms with van der Waals surface area (Å²) in [6, 6.07) is 1.80. The summed E-state index contributed by atoms with van der Waals surface area (Å²) in [6.07, 6.45) is 2.54. The van der Waals surface area contributed by atoms with Crippen LogP contribution in [0.4, 0.5) is 13.2 Å². The lowest BCUT2D eigenvalue weighted by molar-refractivity contribution is 0.447. The molecule has 1 aromatic carbocycles. The van der Waals surface area contributed by atoms with E-state index in [1.165, 1.54) is 6.33 Å². The van der Waals surface area contributed by atoms with Gasteiger partial charge in [0.2, 0.25) is 0 Å². The highest BCUT2D eigenvalue weighted by molar-refractivity contribution is 6.30. The number of hydrogen-bond donors (Lipinski definition) is 0. The van der Waals surface area contributed by atoms with Crippen molar-refractivity contribution in [3.8, 4) is 11.3 Å². The van der Waals surface area contributed by atoms with Crippen LogP contribution in [0, 0.1) is 17.5 Å². The van der Waals surface area contributed by atoms with E-state index in [1.54, 1.807) is 0 Å². The Hall–Kier alpha value is -1.62. The molecular formula is C13H10ClF3N2. The maximum atomic E-state index is 13.3. The van der Waals surface area contributed by atoms with E-state index in [4.69, 9.17) is 11.6 Å². The fourth-order valence-corrected chi connectivity index (χ4v) is 2.03. The number of benzene rings is 1. The van der Waals surface area contributed by atoms with Gasteiger partial charge in [-0.1, -0.05) is 24.9 Å². The Labute approximate surface area is 113 Å². The Balaban J connectivity index is 2.62. The SMILES string of the molecule is CCCc1c(Cl)ncnc1-c1cc(F)c(F)c(F)c1. The topological polar surface area (TPSA) is 25.8 Å². The third-order valence-electron chi connectivity index (χ3n) is 2.65. The van der Waals surface area contributed by atoms with Crippen molar-refractivity contribution in [2.24, 2.45) is 0 Å².